The molecule has 1 saturated heterocycles. The molecule has 8 nitrogen and oxygen atoms in total. The Morgan fingerprint density at radius 1 is 1.21 bits per heavy atom. The number of aromatic nitrogens is 3. The Morgan fingerprint density at radius 3 is 2.74 bits per heavy atom. The second kappa shape index (κ2) is 8.70. The number of morpholine rings is 1. The Hall–Kier alpha value is -2.91. The van der Waals surface area contributed by atoms with Gasteiger partial charge in [-0.2, -0.15) is 0 Å². The molecular weight excluding hydrogens is 496 g/mol. The first kappa shape index (κ1) is 21.6. The van der Waals surface area contributed by atoms with E-state index in [0.29, 0.717) is 23.9 Å². The van der Waals surface area contributed by atoms with Gasteiger partial charge in [0, 0.05) is 43.0 Å². The van der Waals surface area contributed by atoms with Gasteiger partial charge >= 0.3 is 0 Å². The van der Waals surface area contributed by atoms with Crippen molar-refractivity contribution in [3.8, 4) is 11.4 Å². The van der Waals surface area contributed by atoms with Gasteiger partial charge < -0.3 is 25.7 Å². The van der Waals surface area contributed by atoms with Crippen molar-refractivity contribution in [1.82, 2.24) is 15.0 Å². The van der Waals surface area contributed by atoms with Crippen LogP contribution in [-0.4, -0.2) is 53.2 Å². The van der Waals surface area contributed by atoms with Crippen molar-refractivity contribution in [3.05, 3.63) is 47.1 Å². The van der Waals surface area contributed by atoms with Crippen LogP contribution < -0.4 is 16.0 Å². The topological polar surface area (TPSA) is 109 Å². The largest absolute Gasteiger partial charge is 0.379 e. The van der Waals surface area contributed by atoms with Gasteiger partial charge in [-0.15, -0.1) is 0 Å². The van der Waals surface area contributed by atoms with Crippen molar-refractivity contribution in [2.24, 2.45) is 23.5 Å². The molecule has 34 heavy (non-hydrogen) atoms. The zero-order chi connectivity index (χ0) is 23.2. The smallest absolute Gasteiger partial charge is 0.217 e. The highest BCUT2D eigenvalue weighted by atomic mass is 79.9. The molecule has 0 radical (unpaired) electrons. The maximum Gasteiger partial charge on any atom is 0.217 e. The molecule has 4 N–H and O–H groups in total. The van der Waals surface area contributed by atoms with Crippen LogP contribution in [-0.2, 0) is 9.53 Å². The number of anilines is 2. The summed E-state index contributed by atoms with van der Waals surface area (Å²) in [4.78, 5) is 26.8. The Balaban J connectivity index is 1.30. The summed E-state index contributed by atoms with van der Waals surface area (Å²) in [6.07, 6.45) is 7.73. The highest BCUT2D eigenvalue weighted by Gasteiger charge is 2.45. The van der Waals surface area contributed by atoms with E-state index >= 15 is 0 Å². The minimum Gasteiger partial charge on any atom is -0.379 e. The highest BCUT2D eigenvalue weighted by molar-refractivity contribution is 9.10. The number of amides is 1. The maximum absolute atomic E-state index is 11.7. The fraction of sp³-hybridized carbons (Fsp3) is 0.400. The van der Waals surface area contributed by atoms with Gasteiger partial charge in [0.1, 0.15) is 11.3 Å². The van der Waals surface area contributed by atoms with E-state index in [1.165, 1.54) is 5.69 Å². The number of nitrogens with zero attached hydrogens (tertiary/aromatic N) is 3. The Bertz CT molecular complexity index is 1250. The van der Waals surface area contributed by atoms with Crippen LogP contribution >= 0.6 is 15.9 Å². The molecule has 4 unspecified atom stereocenters. The molecule has 2 aliphatic carbocycles. The standard InChI is InChI=1S/C25H27BrN6O2/c26-19-13-28-25-23(22(19)29-21-16-2-1-15(11-16)18(21)12-20(27)33)30-24(31-25)14-3-5-17(6-4-14)32-7-9-34-10-8-32/h1-6,13,15-16,18,21H,7-12H2,(H2,27,33)(H2,28,29,30,31). The molecule has 0 spiro atoms. The van der Waals surface area contributed by atoms with Crippen molar-refractivity contribution in [3.63, 3.8) is 0 Å². The van der Waals surface area contributed by atoms with Crippen LogP contribution in [0.2, 0.25) is 0 Å². The highest BCUT2D eigenvalue weighted by Crippen LogP contribution is 2.47. The summed E-state index contributed by atoms with van der Waals surface area (Å²) in [6, 6.07) is 8.59. The first-order chi connectivity index (χ1) is 16.6. The molecule has 9 heteroatoms. The Labute approximate surface area is 206 Å². The summed E-state index contributed by atoms with van der Waals surface area (Å²) < 4.78 is 6.32. The van der Waals surface area contributed by atoms with Crippen LogP contribution in [0.1, 0.15) is 12.8 Å². The van der Waals surface area contributed by atoms with Gasteiger partial charge in [-0.25, -0.2) is 9.97 Å². The fourth-order valence-electron chi connectivity index (χ4n) is 5.68. The lowest BCUT2D eigenvalue weighted by Gasteiger charge is -2.29. The predicted molar refractivity (Wildman–Crippen MR) is 136 cm³/mol. The minimum atomic E-state index is -0.249. The second-order valence-electron chi connectivity index (χ2n) is 9.36. The third-order valence-corrected chi connectivity index (χ3v) is 7.96. The molecule has 4 atom stereocenters. The van der Waals surface area contributed by atoms with Crippen LogP contribution in [0.4, 0.5) is 11.4 Å². The van der Waals surface area contributed by atoms with Crippen LogP contribution in [0.15, 0.2) is 47.1 Å². The molecule has 176 valence electrons. The van der Waals surface area contributed by atoms with Gasteiger partial charge in [0.25, 0.3) is 0 Å². The summed E-state index contributed by atoms with van der Waals surface area (Å²) in [6.45, 7) is 3.35. The molecule has 3 aliphatic rings. The molecule has 1 saturated carbocycles. The van der Waals surface area contributed by atoms with E-state index in [1.807, 2.05) is 0 Å². The summed E-state index contributed by atoms with van der Waals surface area (Å²) in [5.41, 5.74) is 10.2. The number of allylic oxidation sites excluding steroid dienone is 1. The fourth-order valence-corrected chi connectivity index (χ4v) is 6.09. The van der Waals surface area contributed by atoms with Crippen LogP contribution in [0, 0.1) is 17.8 Å². The minimum absolute atomic E-state index is 0.143. The maximum atomic E-state index is 11.7. The number of halogens is 1. The number of aromatic amines is 1. The van der Waals surface area contributed by atoms with Gasteiger partial charge in [-0.1, -0.05) is 12.2 Å². The molecule has 2 aromatic heterocycles. The van der Waals surface area contributed by atoms with E-state index in [-0.39, 0.29) is 17.9 Å². The summed E-state index contributed by atoms with van der Waals surface area (Å²) in [7, 11) is 0. The number of ether oxygens (including phenoxy) is 1. The van der Waals surface area contributed by atoms with E-state index in [1.54, 1.807) is 6.20 Å². The number of hydrogen-bond acceptors (Lipinski definition) is 6. The zero-order valence-corrected chi connectivity index (χ0v) is 20.3. The number of fused-ring (bicyclic) bond motifs is 3. The van der Waals surface area contributed by atoms with Crippen molar-refractivity contribution in [1.29, 1.82) is 0 Å². The number of imidazole rings is 1. The zero-order valence-electron chi connectivity index (χ0n) is 18.7. The monoisotopic (exact) mass is 522 g/mol. The van der Waals surface area contributed by atoms with Crippen molar-refractivity contribution in [2.45, 2.75) is 18.9 Å². The molecule has 3 aromatic rings. The van der Waals surface area contributed by atoms with E-state index in [9.17, 15) is 4.79 Å². The normalized spacial score (nSPS) is 25.9. The van der Waals surface area contributed by atoms with Crippen molar-refractivity contribution in [2.75, 3.05) is 36.5 Å². The second-order valence-corrected chi connectivity index (χ2v) is 10.2. The first-order valence-corrected chi connectivity index (χ1v) is 12.6. The van der Waals surface area contributed by atoms with E-state index in [2.05, 4.69) is 72.5 Å². The number of pyridine rings is 1. The number of H-pyrrole nitrogens is 1. The molecule has 1 aliphatic heterocycles. The van der Waals surface area contributed by atoms with Crippen LogP contribution in [0.25, 0.3) is 22.6 Å². The van der Waals surface area contributed by atoms with Gasteiger partial charge in [-0.05, 0) is 64.4 Å². The molecule has 6 rings (SSSR count). The number of nitrogens with one attached hydrogen (secondary N) is 2. The molecule has 2 bridgehead atoms. The lowest BCUT2D eigenvalue weighted by molar-refractivity contribution is -0.119. The molecular formula is C25H27BrN6O2. The lowest BCUT2D eigenvalue weighted by atomic mass is 9.86. The van der Waals surface area contributed by atoms with Crippen LogP contribution in [0.5, 0.6) is 0 Å². The first-order valence-electron chi connectivity index (χ1n) is 11.8. The summed E-state index contributed by atoms with van der Waals surface area (Å²) >= 11 is 3.67. The third kappa shape index (κ3) is 3.86. The Kier molecular flexibility index (Phi) is 5.53. The quantitative estimate of drug-likeness (QED) is 0.426. The van der Waals surface area contributed by atoms with Gasteiger partial charge in [0.05, 0.1) is 23.4 Å². The Morgan fingerprint density at radius 2 is 1.97 bits per heavy atom. The molecule has 1 amide bonds. The molecule has 2 fully saturated rings. The number of hydrogen-bond donors (Lipinski definition) is 3. The average molecular weight is 523 g/mol. The van der Waals surface area contributed by atoms with Crippen LogP contribution in [0.3, 0.4) is 0 Å². The van der Waals surface area contributed by atoms with E-state index < -0.39 is 0 Å². The van der Waals surface area contributed by atoms with E-state index in [4.69, 9.17) is 15.5 Å². The summed E-state index contributed by atoms with van der Waals surface area (Å²) in [5.74, 6) is 1.51. The number of primary amides is 1. The molecule has 1 aromatic carbocycles. The lowest BCUT2D eigenvalue weighted by Crippen LogP contribution is -2.36. The van der Waals surface area contributed by atoms with Gasteiger partial charge in [0.15, 0.2) is 5.65 Å². The third-order valence-electron chi connectivity index (χ3n) is 7.36. The SMILES string of the molecule is NC(=O)CC1C2C=CC(C2)C1Nc1c(Br)cnc2nc(-c3ccc(N4CCOCC4)cc3)[nH]c12. The number of benzene rings is 1. The van der Waals surface area contributed by atoms with E-state index in [0.717, 1.165) is 59.8 Å². The van der Waals surface area contributed by atoms with Crippen molar-refractivity contribution < 1.29 is 9.53 Å². The number of rotatable bonds is 6. The van der Waals surface area contributed by atoms with Crippen molar-refractivity contribution >= 4 is 44.4 Å². The summed E-state index contributed by atoms with van der Waals surface area (Å²) in [5, 5.41) is 3.72. The number of carbonyl (C=O) groups is 1. The predicted octanol–water partition coefficient (Wildman–Crippen LogP) is 3.70. The number of carbonyl (C=O) groups excluding carboxylic acids is 1. The molecule has 3 heterocycles. The van der Waals surface area contributed by atoms with Gasteiger partial charge in [0.2, 0.25) is 5.91 Å². The number of nitrogens with two attached hydrogens (primary N) is 1. The van der Waals surface area contributed by atoms with Gasteiger partial charge in [-0.3, -0.25) is 4.79 Å². The average Bonchev–Trinajstić information content (AvgIpc) is 3.57.